The number of hydrogen-bond donors (Lipinski definition) is 1. The number of hydrogen-bond acceptors (Lipinski definition) is 6. The fraction of sp³-hybridized carbons (Fsp3) is 0.348. The fourth-order valence-electron chi connectivity index (χ4n) is 3.53. The summed E-state index contributed by atoms with van der Waals surface area (Å²) >= 11 is 0. The van der Waals surface area contributed by atoms with Crippen molar-refractivity contribution in [3.63, 3.8) is 0 Å². The highest BCUT2D eigenvalue weighted by Crippen LogP contribution is 2.23. The smallest absolute Gasteiger partial charge is 0.413 e. The molecule has 3 rings (SSSR count). The van der Waals surface area contributed by atoms with Gasteiger partial charge in [0.25, 0.3) is 0 Å². The number of benzene rings is 2. The fourth-order valence-corrected chi connectivity index (χ4v) is 4.46. The summed E-state index contributed by atoms with van der Waals surface area (Å²) in [5, 5.41) is 2.84. The van der Waals surface area contributed by atoms with Gasteiger partial charge in [-0.05, 0) is 49.4 Å². The molecule has 2 amide bonds. The number of anilines is 2. The van der Waals surface area contributed by atoms with E-state index in [-0.39, 0.29) is 17.2 Å². The molecule has 0 aliphatic carbocycles. The van der Waals surface area contributed by atoms with Gasteiger partial charge in [0.15, 0.2) is 0 Å². The van der Waals surface area contributed by atoms with E-state index in [9.17, 15) is 18.0 Å². The van der Waals surface area contributed by atoms with Crippen LogP contribution in [0.2, 0.25) is 0 Å². The van der Waals surface area contributed by atoms with Crippen molar-refractivity contribution in [1.82, 2.24) is 13.9 Å². The monoisotopic (exact) mass is 487 g/mol. The molecule has 0 spiro atoms. The third kappa shape index (κ3) is 5.20. The zero-order chi connectivity index (χ0) is 25.0. The van der Waals surface area contributed by atoms with Crippen molar-refractivity contribution in [1.29, 1.82) is 0 Å². The molecule has 1 aromatic heterocycles. The van der Waals surface area contributed by atoms with E-state index in [1.54, 1.807) is 49.5 Å². The molecule has 0 bridgehead atoms. The molecular formula is C23H29N5O5S. The van der Waals surface area contributed by atoms with Gasteiger partial charge in [-0.1, -0.05) is 0 Å². The van der Waals surface area contributed by atoms with E-state index in [0.717, 1.165) is 9.82 Å². The minimum atomic E-state index is -3.56. The summed E-state index contributed by atoms with van der Waals surface area (Å²) in [7, 11) is 2.31. The molecule has 1 heterocycles. The number of aryl methyl sites for hydroxylation is 2. The molecule has 0 aliphatic heterocycles. The van der Waals surface area contributed by atoms with Crippen molar-refractivity contribution in [2.45, 2.75) is 31.2 Å². The van der Waals surface area contributed by atoms with Gasteiger partial charge >= 0.3 is 6.09 Å². The Hall–Kier alpha value is -3.44. The van der Waals surface area contributed by atoms with Crippen LogP contribution in [0.5, 0.6) is 0 Å². The Morgan fingerprint density at radius 1 is 1.09 bits per heavy atom. The predicted molar refractivity (Wildman–Crippen MR) is 130 cm³/mol. The molecule has 1 N–H and O–H groups in total. The van der Waals surface area contributed by atoms with E-state index >= 15 is 0 Å². The number of amides is 2. The van der Waals surface area contributed by atoms with Gasteiger partial charge in [0.05, 0.1) is 23.0 Å². The Morgan fingerprint density at radius 3 is 2.35 bits per heavy atom. The summed E-state index contributed by atoms with van der Waals surface area (Å²) in [5.74, 6) is 0.529. The standard InChI is InChI=1S/C23H29N5O5S/c1-6-28-20-12-11-18(34(31,32)26(2)3)15-19(20)25-21(28)13-14-22(29)24-16-7-9-17(10-8-16)27(4)23(30)33-5/h7-12,15H,6,13-14H2,1-5H3,(H,24,29). The third-order valence-electron chi connectivity index (χ3n) is 5.46. The van der Waals surface area contributed by atoms with E-state index in [1.165, 1.54) is 26.1 Å². The normalized spacial score (nSPS) is 11.6. The number of sulfonamides is 1. The van der Waals surface area contributed by atoms with E-state index in [4.69, 9.17) is 0 Å². The van der Waals surface area contributed by atoms with Crippen LogP contribution in [0.4, 0.5) is 16.2 Å². The van der Waals surface area contributed by atoms with Crippen LogP contribution in [0, 0.1) is 0 Å². The molecule has 0 atom stereocenters. The number of aromatic nitrogens is 2. The van der Waals surface area contributed by atoms with Crippen LogP contribution < -0.4 is 10.2 Å². The zero-order valence-corrected chi connectivity index (χ0v) is 20.7. The Morgan fingerprint density at radius 2 is 1.76 bits per heavy atom. The molecule has 10 nitrogen and oxygen atoms in total. The minimum absolute atomic E-state index is 0.177. The van der Waals surface area contributed by atoms with Crippen LogP contribution in [0.3, 0.4) is 0 Å². The molecule has 182 valence electrons. The Bertz CT molecular complexity index is 1300. The molecule has 0 fully saturated rings. The van der Waals surface area contributed by atoms with E-state index in [2.05, 4.69) is 15.0 Å². The highest BCUT2D eigenvalue weighted by atomic mass is 32.2. The number of rotatable bonds is 8. The number of imidazole rings is 1. The van der Waals surface area contributed by atoms with Gasteiger partial charge in [-0.15, -0.1) is 0 Å². The summed E-state index contributed by atoms with van der Waals surface area (Å²) in [6, 6.07) is 11.7. The van der Waals surface area contributed by atoms with Crippen molar-refractivity contribution in [2.75, 3.05) is 38.5 Å². The summed E-state index contributed by atoms with van der Waals surface area (Å²) in [6.45, 7) is 2.62. The molecule has 0 aliphatic rings. The second kappa shape index (κ2) is 10.2. The molecular weight excluding hydrogens is 458 g/mol. The van der Waals surface area contributed by atoms with Crippen molar-refractivity contribution in [3.05, 3.63) is 48.3 Å². The van der Waals surface area contributed by atoms with Crippen LogP contribution >= 0.6 is 0 Å². The maximum atomic E-state index is 12.5. The first-order valence-electron chi connectivity index (χ1n) is 10.7. The van der Waals surface area contributed by atoms with Gasteiger partial charge in [-0.2, -0.15) is 0 Å². The van der Waals surface area contributed by atoms with Gasteiger partial charge in [0.1, 0.15) is 5.82 Å². The van der Waals surface area contributed by atoms with Crippen molar-refractivity contribution < 1.29 is 22.7 Å². The number of methoxy groups -OCH3 is 1. The van der Waals surface area contributed by atoms with Crippen molar-refractivity contribution >= 4 is 44.4 Å². The van der Waals surface area contributed by atoms with Crippen LogP contribution in [-0.4, -0.2) is 62.5 Å². The van der Waals surface area contributed by atoms with Crippen LogP contribution in [0.1, 0.15) is 19.2 Å². The Kier molecular flexibility index (Phi) is 7.57. The lowest BCUT2D eigenvalue weighted by atomic mass is 10.2. The SMILES string of the molecule is CCn1c(CCC(=O)Nc2ccc(N(C)C(=O)OC)cc2)nc2cc(S(=O)(=O)N(C)C)ccc21. The topological polar surface area (TPSA) is 114 Å². The lowest BCUT2D eigenvalue weighted by Crippen LogP contribution is -2.25. The minimum Gasteiger partial charge on any atom is -0.452 e. The number of carbonyl (C=O) groups excluding carboxylic acids is 2. The van der Waals surface area contributed by atoms with Gasteiger partial charge in [-0.25, -0.2) is 22.5 Å². The second-order valence-electron chi connectivity index (χ2n) is 7.83. The molecule has 0 unspecified atom stereocenters. The maximum Gasteiger partial charge on any atom is 0.413 e. The highest BCUT2D eigenvalue weighted by molar-refractivity contribution is 7.89. The van der Waals surface area contributed by atoms with Crippen LogP contribution in [0.15, 0.2) is 47.4 Å². The largest absolute Gasteiger partial charge is 0.452 e. The van der Waals surface area contributed by atoms with Crippen molar-refractivity contribution in [2.24, 2.45) is 0 Å². The average molecular weight is 488 g/mol. The third-order valence-corrected chi connectivity index (χ3v) is 7.27. The first-order valence-corrected chi connectivity index (χ1v) is 12.2. The number of nitrogens with one attached hydrogen (secondary N) is 1. The number of nitrogens with zero attached hydrogens (tertiary/aromatic N) is 4. The van der Waals surface area contributed by atoms with Crippen molar-refractivity contribution in [3.8, 4) is 0 Å². The second-order valence-corrected chi connectivity index (χ2v) is 9.99. The lowest BCUT2D eigenvalue weighted by Gasteiger charge is -2.16. The van der Waals surface area contributed by atoms with Gasteiger partial charge in [-0.3, -0.25) is 9.69 Å². The van der Waals surface area contributed by atoms with E-state index in [0.29, 0.717) is 35.7 Å². The van der Waals surface area contributed by atoms with Gasteiger partial charge in [0, 0.05) is 51.9 Å². The quantitative estimate of drug-likeness (QED) is 0.522. The summed E-state index contributed by atoms with van der Waals surface area (Å²) < 4.78 is 32.7. The van der Waals surface area contributed by atoms with Crippen LogP contribution in [0.25, 0.3) is 11.0 Å². The first-order chi connectivity index (χ1) is 16.1. The Labute approximate surface area is 199 Å². The Balaban J connectivity index is 1.71. The molecule has 3 aromatic rings. The maximum absolute atomic E-state index is 12.5. The van der Waals surface area contributed by atoms with Gasteiger partial charge < -0.3 is 14.6 Å². The van der Waals surface area contributed by atoms with E-state index in [1.807, 2.05) is 11.5 Å². The predicted octanol–water partition coefficient (Wildman–Crippen LogP) is 3.08. The van der Waals surface area contributed by atoms with Crippen LogP contribution in [-0.2, 0) is 32.5 Å². The van der Waals surface area contributed by atoms with Gasteiger partial charge in [0.2, 0.25) is 15.9 Å². The highest BCUT2D eigenvalue weighted by Gasteiger charge is 2.20. The number of fused-ring (bicyclic) bond motifs is 1. The lowest BCUT2D eigenvalue weighted by molar-refractivity contribution is -0.116. The molecule has 0 saturated carbocycles. The number of ether oxygens (including phenoxy) is 1. The zero-order valence-electron chi connectivity index (χ0n) is 19.9. The van der Waals surface area contributed by atoms with E-state index < -0.39 is 16.1 Å². The summed E-state index contributed by atoms with van der Waals surface area (Å²) in [5.41, 5.74) is 2.64. The molecule has 2 aromatic carbocycles. The summed E-state index contributed by atoms with van der Waals surface area (Å²) in [4.78, 5) is 30.3. The number of carbonyl (C=O) groups is 2. The molecule has 0 radical (unpaired) electrons. The molecule has 0 saturated heterocycles. The summed E-state index contributed by atoms with van der Waals surface area (Å²) in [6.07, 6.45) is 0.116. The molecule has 11 heteroatoms. The first kappa shape index (κ1) is 25.2. The molecule has 34 heavy (non-hydrogen) atoms. The average Bonchev–Trinajstić information content (AvgIpc) is 3.18.